The first-order valence-electron chi connectivity index (χ1n) is 6.74. The van der Waals surface area contributed by atoms with Crippen LogP contribution < -0.4 is 0 Å². The van der Waals surface area contributed by atoms with Crippen LogP contribution in [0.5, 0.6) is 0 Å². The number of amides is 2. The Labute approximate surface area is 125 Å². The summed E-state index contributed by atoms with van der Waals surface area (Å²) in [4.78, 5) is 25.4. The summed E-state index contributed by atoms with van der Waals surface area (Å²) >= 11 is 0. The molecule has 22 heavy (non-hydrogen) atoms. The summed E-state index contributed by atoms with van der Waals surface area (Å²) in [6.07, 6.45) is -6.08. The molecule has 2 amide bonds. The Balaban J connectivity index is 1.95. The molecule has 0 aliphatic carbocycles. The molecule has 0 aromatic heterocycles. The molecule has 0 radical (unpaired) electrons. The zero-order valence-electron chi connectivity index (χ0n) is 11.4. The molecule has 1 fully saturated rings. The van der Waals surface area contributed by atoms with Crippen LogP contribution in [0, 0.1) is 0 Å². The van der Waals surface area contributed by atoms with Gasteiger partial charge in [0.1, 0.15) is 24.4 Å². The van der Waals surface area contributed by atoms with Crippen molar-refractivity contribution in [1.29, 1.82) is 0 Å². The van der Waals surface area contributed by atoms with Crippen molar-refractivity contribution >= 4 is 11.8 Å². The van der Waals surface area contributed by atoms with E-state index in [2.05, 4.69) is 0 Å². The Morgan fingerprint density at radius 3 is 2.05 bits per heavy atom. The molecular formula is C14H15NO7. The normalized spacial score (nSPS) is 34.9. The predicted molar refractivity (Wildman–Crippen MR) is 70.7 cm³/mol. The zero-order chi connectivity index (χ0) is 16.0. The van der Waals surface area contributed by atoms with Crippen LogP contribution in [-0.2, 0) is 4.74 Å². The molecule has 8 nitrogen and oxygen atoms in total. The lowest BCUT2D eigenvalue weighted by molar-refractivity contribution is -0.263. The van der Waals surface area contributed by atoms with Crippen LogP contribution in [0.25, 0.3) is 0 Å². The predicted octanol–water partition coefficient (Wildman–Crippen LogP) is -1.92. The van der Waals surface area contributed by atoms with Gasteiger partial charge in [0.25, 0.3) is 11.8 Å². The summed E-state index contributed by atoms with van der Waals surface area (Å²) in [5.41, 5.74) is 0.316. The van der Waals surface area contributed by atoms with Crippen molar-refractivity contribution in [2.75, 3.05) is 6.61 Å². The molecule has 0 spiro atoms. The van der Waals surface area contributed by atoms with Gasteiger partial charge in [0.2, 0.25) is 0 Å². The third-order valence-electron chi connectivity index (χ3n) is 3.99. The van der Waals surface area contributed by atoms with Gasteiger partial charge in [0.15, 0.2) is 6.29 Å². The van der Waals surface area contributed by atoms with Gasteiger partial charge in [0, 0.05) is 0 Å². The molecule has 4 N–H and O–H groups in total. The van der Waals surface area contributed by atoms with Crippen LogP contribution in [0.15, 0.2) is 24.3 Å². The monoisotopic (exact) mass is 309 g/mol. The van der Waals surface area contributed by atoms with E-state index in [1.54, 1.807) is 12.1 Å². The summed E-state index contributed by atoms with van der Waals surface area (Å²) in [5.74, 6) is -1.36. The first kappa shape index (κ1) is 15.1. The minimum Gasteiger partial charge on any atom is -0.394 e. The Hall–Kier alpha value is -1.84. The summed E-state index contributed by atoms with van der Waals surface area (Å²) in [7, 11) is 0. The molecule has 5 atom stereocenters. The van der Waals surface area contributed by atoms with Crippen molar-refractivity contribution in [3.8, 4) is 0 Å². The largest absolute Gasteiger partial charge is 0.394 e. The number of aliphatic hydroxyl groups is 4. The lowest BCUT2D eigenvalue weighted by atomic mass is 9.96. The van der Waals surface area contributed by atoms with Gasteiger partial charge in [-0.3, -0.25) is 14.5 Å². The van der Waals surface area contributed by atoms with E-state index < -0.39 is 49.1 Å². The number of hydrogen-bond acceptors (Lipinski definition) is 7. The lowest BCUT2D eigenvalue weighted by Gasteiger charge is -2.42. The van der Waals surface area contributed by atoms with E-state index in [0.29, 0.717) is 4.90 Å². The van der Waals surface area contributed by atoms with Gasteiger partial charge in [-0.1, -0.05) is 12.1 Å². The first-order valence-corrected chi connectivity index (χ1v) is 6.74. The minimum atomic E-state index is -1.71. The molecule has 1 saturated heterocycles. The lowest BCUT2D eigenvalue weighted by Crippen LogP contribution is -2.65. The number of fused-ring (bicyclic) bond motifs is 1. The van der Waals surface area contributed by atoms with Crippen LogP contribution in [-0.4, -0.2) is 74.4 Å². The summed E-state index contributed by atoms with van der Waals surface area (Å²) in [6, 6.07) is 4.66. The number of nitrogens with zero attached hydrogens (tertiary/aromatic N) is 1. The molecule has 1 aromatic rings. The minimum absolute atomic E-state index is 0.158. The molecule has 3 unspecified atom stereocenters. The average molecular weight is 309 g/mol. The van der Waals surface area contributed by atoms with Crippen molar-refractivity contribution in [1.82, 2.24) is 4.90 Å². The molecule has 1 aromatic carbocycles. The van der Waals surface area contributed by atoms with E-state index in [-0.39, 0.29) is 11.1 Å². The van der Waals surface area contributed by atoms with Gasteiger partial charge in [0.05, 0.1) is 17.7 Å². The number of aliphatic hydroxyl groups excluding tert-OH is 4. The molecular weight excluding hydrogens is 294 g/mol. The number of imide groups is 1. The zero-order valence-corrected chi connectivity index (χ0v) is 11.4. The van der Waals surface area contributed by atoms with E-state index in [1.807, 2.05) is 0 Å². The van der Waals surface area contributed by atoms with E-state index in [0.717, 1.165) is 0 Å². The maximum atomic E-state index is 12.4. The number of rotatable bonds is 2. The second-order valence-corrected chi connectivity index (χ2v) is 5.25. The molecule has 8 heteroatoms. The standard InChI is InChI=1S/C14H15NO7/c16-5-8-10(17)11(18)9(14(21)22-8)15-12(19)6-3-1-2-4-7(6)13(15)20/h1-4,8-11,14,16-18,21H,5H2/t8?,9?,10-,11-,14?/m1/s1. The Morgan fingerprint density at radius 1 is 1.00 bits per heavy atom. The van der Waals surface area contributed by atoms with Crippen LogP contribution in [0.3, 0.4) is 0 Å². The fraction of sp³-hybridized carbons (Fsp3) is 0.429. The van der Waals surface area contributed by atoms with Crippen molar-refractivity contribution in [2.45, 2.75) is 30.6 Å². The van der Waals surface area contributed by atoms with Gasteiger partial charge in [-0.15, -0.1) is 0 Å². The highest BCUT2D eigenvalue weighted by molar-refractivity contribution is 6.21. The number of ether oxygens (including phenoxy) is 1. The van der Waals surface area contributed by atoms with Crippen LogP contribution in [0.1, 0.15) is 20.7 Å². The fourth-order valence-electron chi connectivity index (χ4n) is 2.84. The molecule has 0 bridgehead atoms. The van der Waals surface area contributed by atoms with Crippen LogP contribution in [0.2, 0.25) is 0 Å². The van der Waals surface area contributed by atoms with Gasteiger partial charge < -0.3 is 25.2 Å². The maximum Gasteiger partial charge on any atom is 0.262 e. The van der Waals surface area contributed by atoms with E-state index >= 15 is 0 Å². The van der Waals surface area contributed by atoms with Gasteiger partial charge >= 0.3 is 0 Å². The number of carbonyl (C=O) groups excluding carboxylic acids is 2. The smallest absolute Gasteiger partial charge is 0.262 e. The van der Waals surface area contributed by atoms with Crippen molar-refractivity contribution in [2.24, 2.45) is 0 Å². The van der Waals surface area contributed by atoms with E-state index in [1.165, 1.54) is 12.1 Å². The molecule has 2 heterocycles. The Morgan fingerprint density at radius 2 is 1.55 bits per heavy atom. The average Bonchev–Trinajstić information content (AvgIpc) is 2.77. The first-order chi connectivity index (χ1) is 10.5. The molecule has 3 rings (SSSR count). The number of hydrogen-bond donors (Lipinski definition) is 4. The van der Waals surface area contributed by atoms with Crippen molar-refractivity contribution in [3.05, 3.63) is 35.4 Å². The van der Waals surface area contributed by atoms with E-state index in [4.69, 9.17) is 9.84 Å². The molecule has 118 valence electrons. The van der Waals surface area contributed by atoms with Gasteiger partial charge in [-0.25, -0.2) is 0 Å². The van der Waals surface area contributed by atoms with Crippen molar-refractivity contribution in [3.63, 3.8) is 0 Å². The van der Waals surface area contributed by atoms with Crippen LogP contribution in [0.4, 0.5) is 0 Å². The highest BCUT2D eigenvalue weighted by Gasteiger charge is 2.52. The molecule has 2 aliphatic heterocycles. The quantitative estimate of drug-likeness (QED) is 0.469. The van der Waals surface area contributed by atoms with Gasteiger partial charge in [-0.2, -0.15) is 0 Å². The SMILES string of the molecule is O=C1c2ccccc2C(=O)N1C1C(O)OC(CO)[C@@H](O)[C@@H]1O. The highest BCUT2D eigenvalue weighted by Crippen LogP contribution is 2.31. The topological polar surface area (TPSA) is 128 Å². The Kier molecular flexibility index (Phi) is 3.71. The van der Waals surface area contributed by atoms with Crippen LogP contribution >= 0.6 is 0 Å². The fourth-order valence-corrected chi connectivity index (χ4v) is 2.84. The maximum absolute atomic E-state index is 12.4. The summed E-state index contributed by atoms with van der Waals surface area (Å²) < 4.78 is 4.99. The summed E-state index contributed by atoms with van der Waals surface area (Å²) in [5, 5.41) is 39.0. The van der Waals surface area contributed by atoms with E-state index in [9.17, 15) is 24.9 Å². The Bertz CT molecular complexity index is 584. The number of carbonyl (C=O) groups is 2. The second kappa shape index (κ2) is 5.41. The van der Waals surface area contributed by atoms with Gasteiger partial charge in [-0.05, 0) is 12.1 Å². The van der Waals surface area contributed by atoms with Crippen molar-refractivity contribution < 1.29 is 34.8 Å². The highest BCUT2D eigenvalue weighted by atomic mass is 16.6. The third-order valence-corrected chi connectivity index (χ3v) is 3.99. The molecule has 2 aliphatic rings. The summed E-state index contributed by atoms with van der Waals surface area (Å²) in [6.45, 7) is -0.621. The third kappa shape index (κ3) is 2.04. The molecule has 0 saturated carbocycles. The number of benzene rings is 1. The second-order valence-electron chi connectivity index (χ2n) is 5.25.